The molecule has 0 bridgehead atoms. The van der Waals surface area contributed by atoms with Crippen LogP contribution in [0.5, 0.6) is 5.75 Å². The van der Waals surface area contributed by atoms with Crippen molar-refractivity contribution in [2.45, 2.75) is 30.9 Å². The summed E-state index contributed by atoms with van der Waals surface area (Å²) in [5.41, 5.74) is 6.70. The van der Waals surface area contributed by atoms with Crippen molar-refractivity contribution in [1.82, 2.24) is 5.32 Å². The number of halogens is 2. The van der Waals surface area contributed by atoms with Gasteiger partial charge in [-0.15, -0.1) is 0 Å². The Labute approximate surface area is 158 Å². The second-order valence-electron chi connectivity index (χ2n) is 6.91. The molecule has 146 valence electrons. The molecule has 0 unspecified atom stereocenters. The van der Waals surface area contributed by atoms with Crippen LogP contribution in [0.25, 0.3) is 0 Å². The van der Waals surface area contributed by atoms with Gasteiger partial charge in [-0.1, -0.05) is 42.5 Å². The molecule has 2 aromatic rings. The lowest BCUT2D eigenvalue weighted by molar-refractivity contribution is -0.0153. The van der Waals surface area contributed by atoms with Gasteiger partial charge >= 0.3 is 0 Å². The third-order valence-corrected chi connectivity index (χ3v) is 4.99. The van der Waals surface area contributed by atoms with Crippen LogP contribution in [-0.2, 0) is 16.9 Å². The topological polar surface area (TPSA) is 56.5 Å². The molecule has 1 fully saturated rings. The van der Waals surface area contributed by atoms with E-state index < -0.39 is 24.6 Å². The molecule has 1 aliphatic rings. The molecule has 0 radical (unpaired) electrons. The summed E-state index contributed by atoms with van der Waals surface area (Å²) < 4.78 is 38.6. The highest BCUT2D eigenvalue weighted by Gasteiger charge is 2.37. The van der Waals surface area contributed by atoms with Gasteiger partial charge in [0, 0.05) is 18.8 Å². The number of rotatable bonds is 8. The molecular weight excluding hydrogens is 350 g/mol. The van der Waals surface area contributed by atoms with E-state index in [0.717, 1.165) is 16.9 Å². The molecule has 0 atom stereocenters. The molecule has 27 heavy (non-hydrogen) atoms. The van der Waals surface area contributed by atoms with Gasteiger partial charge in [-0.25, -0.2) is 8.78 Å². The summed E-state index contributed by atoms with van der Waals surface area (Å²) in [6.45, 7) is 0.440. The third-order valence-electron chi connectivity index (χ3n) is 4.99. The largest absolute Gasteiger partial charge is 0.489 e. The molecule has 4 nitrogen and oxygen atoms in total. The van der Waals surface area contributed by atoms with Crippen molar-refractivity contribution in [2.24, 2.45) is 5.73 Å². The van der Waals surface area contributed by atoms with E-state index >= 15 is 0 Å². The van der Waals surface area contributed by atoms with Gasteiger partial charge in [0.2, 0.25) is 0 Å². The molecule has 0 spiro atoms. The number of hydrogen-bond acceptors (Lipinski definition) is 4. The molecule has 1 aliphatic heterocycles. The monoisotopic (exact) mass is 376 g/mol. The summed E-state index contributed by atoms with van der Waals surface area (Å²) in [6.07, 6.45) is 1.27. The summed E-state index contributed by atoms with van der Waals surface area (Å²) in [5.74, 6) is -2.18. The number of nitrogens with two attached hydrogens (primary N) is 1. The second-order valence-corrected chi connectivity index (χ2v) is 6.91. The van der Waals surface area contributed by atoms with Crippen molar-refractivity contribution in [3.63, 3.8) is 0 Å². The zero-order valence-electron chi connectivity index (χ0n) is 15.3. The Morgan fingerprint density at radius 3 is 2.33 bits per heavy atom. The summed E-state index contributed by atoms with van der Waals surface area (Å²) in [6, 6.07) is 17.6. The van der Waals surface area contributed by atoms with E-state index in [0.29, 0.717) is 32.7 Å². The normalized spacial score (nSPS) is 16.9. The van der Waals surface area contributed by atoms with E-state index in [2.05, 4.69) is 5.32 Å². The van der Waals surface area contributed by atoms with Crippen molar-refractivity contribution >= 4 is 0 Å². The van der Waals surface area contributed by atoms with Crippen LogP contribution in [0, 0.1) is 0 Å². The zero-order valence-corrected chi connectivity index (χ0v) is 15.3. The number of alkyl halides is 2. The Morgan fingerprint density at radius 2 is 1.70 bits per heavy atom. The van der Waals surface area contributed by atoms with Crippen LogP contribution in [-0.4, -0.2) is 32.2 Å². The van der Waals surface area contributed by atoms with Gasteiger partial charge in [0.15, 0.2) is 0 Å². The fourth-order valence-electron chi connectivity index (χ4n) is 3.27. The fraction of sp³-hybridized carbons (Fsp3) is 0.429. The number of hydrogen-bond donors (Lipinski definition) is 2. The number of benzene rings is 2. The van der Waals surface area contributed by atoms with Crippen molar-refractivity contribution in [2.75, 3.05) is 26.3 Å². The minimum atomic E-state index is -2.93. The average molecular weight is 376 g/mol. The molecule has 6 heteroatoms. The first-order valence-electron chi connectivity index (χ1n) is 9.21. The van der Waals surface area contributed by atoms with Crippen molar-refractivity contribution in [3.8, 4) is 5.75 Å². The number of ether oxygens (including phenoxy) is 2. The maximum absolute atomic E-state index is 13.7. The van der Waals surface area contributed by atoms with Gasteiger partial charge in [0.1, 0.15) is 12.4 Å². The first-order valence-corrected chi connectivity index (χ1v) is 9.21. The molecule has 0 aliphatic carbocycles. The van der Waals surface area contributed by atoms with E-state index in [1.165, 1.54) is 0 Å². The molecule has 3 N–H and O–H groups in total. The van der Waals surface area contributed by atoms with E-state index in [-0.39, 0.29) is 0 Å². The third kappa shape index (κ3) is 5.25. The summed E-state index contributed by atoms with van der Waals surface area (Å²) in [7, 11) is 0. The lowest BCUT2D eigenvalue weighted by atomic mass is 9.82. The van der Waals surface area contributed by atoms with Crippen molar-refractivity contribution in [1.29, 1.82) is 0 Å². The molecule has 0 amide bonds. The lowest BCUT2D eigenvalue weighted by Gasteiger charge is -2.39. The van der Waals surface area contributed by atoms with Crippen LogP contribution in [0.1, 0.15) is 24.0 Å². The van der Waals surface area contributed by atoms with Crippen LogP contribution >= 0.6 is 0 Å². The number of nitrogens with one attached hydrogen (secondary N) is 1. The summed E-state index contributed by atoms with van der Waals surface area (Å²) in [5, 5.41) is 3.07. The van der Waals surface area contributed by atoms with Gasteiger partial charge in [-0.05, 0) is 36.1 Å². The molecule has 1 saturated heterocycles. The first-order chi connectivity index (χ1) is 13.0. The highest BCUT2D eigenvalue weighted by atomic mass is 19.3. The predicted molar refractivity (Wildman–Crippen MR) is 101 cm³/mol. The summed E-state index contributed by atoms with van der Waals surface area (Å²) >= 11 is 0. The Hall–Kier alpha value is -2.02. The van der Waals surface area contributed by atoms with E-state index in [1.807, 2.05) is 54.6 Å². The average Bonchev–Trinajstić information content (AvgIpc) is 2.73. The van der Waals surface area contributed by atoms with Gasteiger partial charge in [0.25, 0.3) is 5.92 Å². The molecule has 3 rings (SSSR count). The van der Waals surface area contributed by atoms with Gasteiger partial charge < -0.3 is 20.5 Å². The van der Waals surface area contributed by atoms with Crippen LogP contribution in [0.4, 0.5) is 8.78 Å². The van der Waals surface area contributed by atoms with Crippen LogP contribution < -0.4 is 15.8 Å². The highest BCUT2D eigenvalue weighted by molar-refractivity contribution is 5.33. The highest BCUT2D eigenvalue weighted by Crippen LogP contribution is 2.34. The minimum Gasteiger partial charge on any atom is -0.489 e. The van der Waals surface area contributed by atoms with Crippen LogP contribution in [0.15, 0.2) is 54.6 Å². The van der Waals surface area contributed by atoms with Crippen molar-refractivity contribution < 1.29 is 18.3 Å². The molecular formula is C21H26F2N2O2. The SMILES string of the molecule is NCC(F)(F)CNC1(c2ccc(OCc3ccccc3)cc2)CCOCC1. The maximum atomic E-state index is 13.7. The standard InChI is InChI=1S/C21H26F2N2O2/c22-21(23,15-24)16-25-20(10-12-26-13-11-20)18-6-8-19(9-7-18)27-14-17-4-2-1-3-5-17/h1-9,25H,10-16,24H2. The Bertz CT molecular complexity index is 702. The zero-order chi connectivity index (χ0) is 19.2. The van der Waals surface area contributed by atoms with Crippen LogP contribution in [0.2, 0.25) is 0 Å². The first kappa shape index (κ1) is 19.7. The predicted octanol–water partition coefficient (Wildman–Crippen LogP) is 3.45. The molecule has 0 saturated carbocycles. The van der Waals surface area contributed by atoms with Gasteiger partial charge in [-0.2, -0.15) is 0 Å². The fourth-order valence-corrected chi connectivity index (χ4v) is 3.27. The van der Waals surface area contributed by atoms with Gasteiger partial charge in [0.05, 0.1) is 13.1 Å². The Balaban J connectivity index is 1.69. The second kappa shape index (κ2) is 8.78. The lowest BCUT2D eigenvalue weighted by Crippen LogP contribution is -2.52. The van der Waals surface area contributed by atoms with Crippen molar-refractivity contribution in [3.05, 3.63) is 65.7 Å². The summed E-state index contributed by atoms with van der Waals surface area (Å²) in [4.78, 5) is 0. The Morgan fingerprint density at radius 1 is 1.04 bits per heavy atom. The van der Waals surface area contributed by atoms with E-state index in [4.69, 9.17) is 15.2 Å². The van der Waals surface area contributed by atoms with E-state index in [9.17, 15) is 8.78 Å². The van der Waals surface area contributed by atoms with Crippen LogP contribution in [0.3, 0.4) is 0 Å². The quantitative estimate of drug-likeness (QED) is 0.741. The minimum absolute atomic E-state index is 0.449. The molecule has 0 aromatic heterocycles. The molecule has 2 aromatic carbocycles. The van der Waals surface area contributed by atoms with Gasteiger partial charge in [-0.3, -0.25) is 0 Å². The smallest absolute Gasteiger partial charge is 0.272 e. The maximum Gasteiger partial charge on any atom is 0.272 e. The van der Waals surface area contributed by atoms with E-state index in [1.54, 1.807) is 0 Å². The Kier molecular flexibility index (Phi) is 6.42. The molecule has 1 heterocycles.